The minimum absolute atomic E-state index is 0. The van der Waals surface area contributed by atoms with Crippen LogP contribution in [0, 0.1) is 59.2 Å². The summed E-state index contributed by atoms with van der Waals surface area (Å²) in [5, 5.41) is 34.4. The topological polar surface area (TPSA) is 157 Å². The number of rotatable bonds is 3. The summed E-state index contributed by atoms with van der Waals surface area (Å²) in [4.78, 5) is 0. The van der Waals surface area contributed by atoms with Gasteiger partial charge in [-0.15, -0.1) is 0 Å². The van der Waals surface area contributed by atoms with E-state index >= 15 is 0 Å². The summed E-state index contributed by atoms with van der Waals surface area (Å²) in [7, 11) is 0. The van der Waals surface area contributed by atoms with Gasteiger partial charge in [0.2, 0.25) is 0 Å². The maximum Gasteiger partial charge on any atom is 5.00 e. The Bertz CT molecular complexity index is 146. The van der Waals surface area contributed by atoms with Crippen LogP contribution in [0.2, 0.25) is 0 Å². The zero-order chi connectivity index (χ0) is 15.7. The van der Waals surface area contributed by atoms with Crippen molar-refractivity contribution in [2.45, 2.75) is 19.9 Å². The van der Waals surface area contributed by atoms with E-state index in [0.29, 0.717) is 6.04 Å². The Morgan fingerprint density at radius 1 is 0.833 bits per heavy atom. The number of nitrogens with two attached hydrogens (primary N) is 1. The number of nitrogens with one attached hydrogen (secondary N) is 1. The fourth-order valence-electron chi connectivity index (χ4n) is 0.372. The number of nitrogens with zero attached hydrogens (tertiary/aromatic N) is 5. The van der Waals surface area contributed by atoms with Gasteiger partial charge in [-0.3, -0.25) is 0 Å². The predicted octanol–water partition coefficient (Wildman–Crippen LogP) is 0.422. The van der Waals surface area contributed by atoms with E-state index in [1.165, 1.54) is 0 Å². The summed E-state index contributed by atoms with van der Waals surface area (Å²) in [5.41, 5.74) is 5.21. The van der Waals surface area contributed by atoms with Gasteiger partial charge in [-0.05, 0) is 0 Å². The summed E-state index contributed by atoms with van der Waals surface area (Å²) in [6.07, 6.45) is 0. The molecule has 0 atom stereocenters. The van der Waals surface area contributed by atoms with Crippen molar-refractivity contribution >= 4 is 0 Å². The monoisotopic (exact) mass is 288 g/mol. The molecule has 7 nitrogen and oxygen atoms in total. The van der Waals surface area contributed by atoms with Crippen LogP contribution in [0.5, 0.6) is 0 Å². The first kappa shape index (κ1) is 44.6. The molecule has 0 amide bonds. The van der Waals surface area contributed by atoms with Crippen LogP contribution in [0.4, 0.5) is 0 Å². The molecule has 0 aromatic rings. The van der Waals surface area contributed by atoms with Gasteiger partial charge in [-0.2, -0.15) is 0 Å². The second kappa shape index (κ2) is 190. The van der Waals surface area contributed by atoms with Crippen molar-refractivity contribution < 1.29 is 17.1 Å². The standard InChI is InChI=1S/C5H14N2.5CN.Fe/c1-5(2)7-4-3-6;5*1-2;/h5,7H,3-4,6H2,1-2H3;;;;;;/q;5*-1;+5. The molecule has 0 aromatic heterocycles. The Hall–Kier alpha value is -2.11. The first-order valence-electron chi connectivity index (χ1n) is 3.82. The SMILES string of the molecule is CC(C)NCCN.[C-]#N.[C-]#N.[C-]#N.[C-]#N.[C-]#N.[Fe+5]. The van der Waals surface area contributed by atoms with E-state index in [9.17, 15) is 0 Å². The molecule has 0 spiro atoms. The first-order valence-corrected chi connectivity index (χ1v) is 3.82. The molecule has 0 rings (SSSR count). The van der Waals surface area contributed by atoms with E-state index in [1.807, 2.05) is 0 Å². The van der Waals surface area contributed by atoms with Crippen LogP contribution in [0.3, 0.4) is 0 Å². The number of hydrogen-bond acceptors (Lipinski definition) is 7. The Kier molecular flexibility index (Phi) is 470. The van der Waals surface area contributed by atoms with E-state index in [-0.39, 0.29) is 17.1 Å². The molecule has 0 unspecified atom stereocenters. The minimum Gasteiger partial charge on any atom is -0.512 e. The van der Waals surface area contributed by atoms with E-state index < -0.39 is 0 Å². The van der Waals surface area contributed by atoms with Crippen molar-refractivity contribution in [3.8, 4) is 0 Å². The van der Waals surface area contributed by atoms with E-state index in [2.05, 4.69) is 19.2 Å². The molecule has 8 heteroatoms. The Morgan fingerprint density at radius 2 is 1.06 bits per heavy atom. The van der Waals surface area contributed by atoms with Gasteiger partial charge in [-0.25, -0.2) is 0 Å². The van der Waals surface area contributed by atoms with Crippen molar-refractivity contribution in [2.24, 2.45) is 5.73 Å². The maximum atomic E-state index is 6.25. The average molecular weight is 288 g/mol. The minimum atomic E-state index is 0. The summed E-state index contributed by atoms with van der Waals surface area (Å²) in [6, 6.07) is 0.573. The van der Waals surface area contributed by atoms with Crippen LogP contribution in [0.25, 0.3) is 0 Å². The average Bonchev–Trinajstić information content (AvgIpc) is 2.47. The van der Waals surface area contributed by atoms with Gasteiger partial charge in [0, 0.05) is 19.1 Å². The smallest absolute Gasteiger partial charge is 0.512 e. The second-order valence-electron chi connectivity index (χ2n) is 1.90. The van der Waals surface area contributed by atoms with E-state index in [4.69, 9.17) is 64.9 Å². The molecule has 1 radical (unpaired) electrons. The van der Waals surface area contributed by atoms with Crippen LogP contribution in [-0.2, 0) is 17.1 Å². The van der Waals surface area contributed by atoms with Crippen LogP contribution < -0.4 is 11.1 Å². The van der Waals surface area contributed by atoms with Crippen LogP contribution in [0.1, 0.15) is 13.8 Å². The van der Waals surface area contributed by atoms with Gasteiger partial charge in [0.15, 0.2) is 0 Å². The number of hydrogen-bond donors (Lipinski definition) is 2. The van der Waals surface area contributed by atoms with Crippen molar-refractivity contribution in [3.05, 3.63) is 32.9 Å². The largest absolute Gasteiger partial charge is 5.00 e. The fourth-order valence-corrected chi connectivity index (χ4v) is 0.372. The summed E-state index contributed by atoms with van der Waals surface area (Å²) < 4.78 is 0. The van der Waals surface area contributed by atoms with Gasteiger partial charge in [0.05, 0.1) is 0 Å². The molecule has 3 N–H and O–H groups in total. The second-order valence-corrected chi connectivity index (χ2v) is 1.90. The van der Waals surface area contributed by atoms with Crippen LogP contribution in [-0.4, -0.2) is 19.1 Å². The Morgan fingerprint density at radius 3 is 1.11 bits per heavy atom. The fraction of sp³-hybridized carbons (Fsp3) is 0.500. The van der Waals surface area contributed by atoms with Gasteiger partial charge in [0.25, 0.3) is 0 Å². The van der Waals surface area contributed by atoms with E-state index in [0.717, 1.165) is 13.1 Å². The van der Waals surface area contributed by atoms with Gasteiger partial charge in [0.1, 0.15) is 0 Å². The van der Waals surface area contributed by atoms with Crippen molar-refractivity contribution in [2.75, 3.05) is 13.1 Å². The summed E-state index contributed by atoms with van der Waals surface area (Å²) in [5.74, 6) is 0. The molecule has 97 valence electrons. The van der Waals surface area contributed by atoms with Gasteiger partial charge in [-0.1, -0.05) is 13.8 Å². The molecule has 0 fully saturated rings. The third-order valence-electron chi connectivity index (χ3n) is 0.697. The van der Waals surface area contributed by atoms with Gasteiger partial charge < -0.3 is 70.2 Å². The van der Waals surface area contributed by atoms with Crippen molar-refractivity contribution in [1.29, 1.82) is 26.3 Å². The molecular weight excluding hydrogens is 274 g/mol. The Balaban J connectivity index is -0.0000000189. The molecule has 0 bridgehead atoms. The quantitative estimate of drug-likeness (QED) is 0.562. The normalized spacial score (nSPS) is 4.56. The van der Waals surface area contributed by atoms with Gasteiger partial charge >= 0.3 is 17.1 Å². The molecule has 0 saturated carbocycles. The first-order chi connectivity index (χ1) is 8.27. The zero-order valence-corrected chi connectivity index (χ0v) is 11.3. The summed E-state index contributed by atoms with van der Waals surface area (Å²) in [6.45, 7) is 29.6. The predicted molar refractivity (Wildman–Crippen MR) is 57.0 cm³/mol. The van der Waals surface area contributed by atoms with Crippen LogP contribution in [0.15, 0.2) is 0 Å². The third-order valence-corrected chi connectivity index (χ3v) is 0.697. The molecule has 18 heavy (non-hydrogen) atoms. The molecule has 0 heterocycles. The molecule has 0 aliphatic carbocycles. The molecule has 0 aliphatic heterocycles. The maximum absolute atomic E-state index is 6.25. The molecule has 0 aliphatic rings. The Labute approximate surface area is 121 Å². The van der Waals surface area contributed by atoms with Crippen molar-refractivity contribution in [1.82, 2.24) is 5.32 Å². The summed E-state index contributed by atoms with van der Waals surface area (Å²) >= 11 is 0. The third kappa shape index (κ3) is 646. The molecular formula is C10H14FeN7. The molecule has 0 saturated heterocycles. The molecule has 0 aromatic carbocycles. The van der Waals surface area contributed by atoms with E-state index in [1.54, 1.807) is 0 Å². The van der Waals surface area contributed by atoms with Crippen LogP contribution >= 0.6 is 0 Å². The van der Waals surface area contributed by atoms with Crippen molar-refractivity contribution in [3.63, 3.8) is 0 Å². The zero-order valence-electron chi connectivity index (χ0n) is 10.2.